The quantitative estimate of drug-likeness (QED) is 0.286. The molecule has 1 rings (SSSR count). The van der Waals surface area contributed by atoms with E-state index in [0.717, 1.165) is 0 Å². The molecule has 0 aliphatic rings. The zero-order chi connectivity index (χ0) is 8.59. The average Bonchev–Trinajstić information content (AvgIpc) is 1.97. The molecule has 0 saturated heterocycles. The first kappa shape index (κ1) is 17.3. The summed E-state index contributed by atoms with van der Waals surface area (Å²) in [4.78, 5) is 0. The summed E-state index contributed by atoms with van der Waals surface area (Å²) in [6.07, 6.45) is 0. The number of rotatable bonds is 0. The maximum Gasteiger partial charge on any atom is 2.00 e. The standard InChI is InChI=1S/C6Cl5.BrH.Mg/c7-2-1-3(8)5(10)6(11)4(2)9;;/h;1H;/q-1;;+2/p-1. The molecule has 0 aromatic heterocycles. The van der Waals surface area contributed by atoms with E-state index in [1.807, 2.05) is 0 Å². The topological polar surface area (TPSA) is 0 Å². The van der Waals surface area contributed by atoms with Gasteiger partial charge in [-0.3, -0.25) is 0 Å². The number of hydrogen-bond acceptors (Lipinski definition) is 0. The van der Waals surface area contributed by atoms with Crippen LogP contribution >= 0.6 is 58.0 Å². The fourth-order valence-corrected chi connectivity index (χ4v) is 1.54. The molecule has 0 amide bonds. The largest absolute Gasteiger partial charge is 2.00 e. The molecule has 0 fully saturated rings. The van der Waals surface area contributed by atoms with Crippen LogP contribution in [0.25, 0.3) is 0 Å². The Kier molecular flexibility index (Phi) is 9.63. The zero-order valence-corrected chi connectivity index (χ0v) is 12.8. The summed E-state index contributed by atoms with van der Waals surface area (Å²) >= 11 is 28.0. The number of hydrogen-bond donors (Lipinski definition) is 0. The van der Waals surface area contributed by atoms with Crippen molar-refractivity contribution in [3.63, 3.8) is 0 Å². The van der Waals surface area contributed by atoms with Crippen molar-refractivity contribution >= 4 is 81.1 Å². The Labute approximate surface area is 128 Å². The van der Waals surface area contributed by atoms with Crippen molar-refractivity contribution in [3.8, 4) is 0 Å². The molecule has 0 nitrogen and oxygen atoms in total. The van der Waals surface area contributed by atoms with Crippen molar-refractivity contribution in [2.24, 2.45) is 0 Å². The van der Waals surface area contributed by atoms with E-state index < -0.39 is 0 Å². The molecule has 0 saturated carbocycles. The van der Waals surface area contributed by atoms with E-state index >= 15 is 0 Å². The van der Waals surface area contributed by atoms with Gasteiger partial charge in [-0.2, -0.15) is 23.2 Å². The molecule has 0 heterocycles. The Bertz CT molecular complexity index is 277. The van der Waals surface area contributed by atoms with Gasteiger partial charge in [-0.05, 0) is 15.1 Å². The molecular formula is C6BrCl5Mg. The van der Waals surface area contributed by atoms with Gasteiger partial charge in [-0.25, -0.2) is 0 Å². The van der Waals surface area contributed by atoms with Crippen LogP contribution in [0.2, 0.25) is 25.1 Å². The molecule has 0 aliphatic carbocycles. The van der Waals surface area contributed by atoms with Gasteiger partial charge in [0, 0.05) is 0 Å². The van der Waals surface area contributed by atoms with E-state index in [1.54, 1.807) is 0 Å². The Balaban J connectivity index is 0. The summed E-state index contributed by atoms with van der Waals surface area (Å²) in [5, 5.41) is 0.838. The Morgan fingerprint density at radius 1 is 0.692 bits per heavy atom. The molecule has 13 heavy (non-hydrogen) atoms. The number of halogens is 6. The minimum absolute atomic E-state index is 0. The van der Waals surface area contributed by atoms with Gasteiger partial charge in [0.1, 0.15) is 0 Å². The van der Waals surface area contributed by atoms with Crippen LogP contribution in [0.1, 0.15) is 0 Å². The number of benzene rings is 1. The SMILES string of the molecule is Clc1[c-]c(Cl)c(Cl)c(Cl)c1Cl.[Br-].[Mg+2]. The summed E-state index contributed by atoms with van der Waals surface area (Å²) in [6, 6.07) is 2.53. The van der Waals surface area contributed by atoms with E-state index in [-0.39, 0.29) is 65.1 Å². The molecule has 0 atom stereocenters. The average molecular weight is 354 g/mol. The third-order valence-corrected chi connectivity index (χ3v) is 3.08. The van der Waals surface area contributed by atoms with E-state index in [1.165, 1.54) is 0 Å². The van der Waals surface area contributed by atoms with E-state index in [9.17, 15) is 0 Å². The fraction of sp³-hybridized carbons (Fsp3) is 0. The fourth-order valence-electron chi connectivity index (χ4n) is 0.495. The van der Waals surface area contributed by atoms with Crippen molar-refractivity contribution in [3.05, 3.63) is 31.2 Å². The maximum atomic E-state index is 5.64. The summed E-state index contributed by atoms with van der Waals surface area (Å²) in [5.41, 5.74) is 0. The van der Waals surface area contributed by atoms with Gasteiger partial charge in [0.25, 0.3) is 0 Å². The molecule has 68 valence electrons. The third-order valence-electron chi connectivity index (χ3n) is 0.990. The van der Waals surface area contributed by atoms with Crippen LogP contribution in [0.5, 0.6) is 0 Å². The van der Waals surface area contributed by atoms with Gasteiger partial charge < -0.3 is 17.0 Å². The second-order valence-corrected chi connectivity index (χ2v) is 3.58. The van der Waals surface area contributed by atoms with Crippen molar-refractivity contribution in [1.29, 1.82) is 0 Å². The second-order valence-electron chi connectivity index (χ2n) is 1.69. The summed E-state index contributed by atoms with van der Waals surface area (Å²) in [5.74, 6) is 0. The molecule has 0 bridgehead atoms. The second kappa shape index (κ2) is 7.23. The van der Waals surface area contributed by atoms with Crippen LogP contribution in [0, 0.1) is 6.07 Å². The van der Waals surface area contributed by atoms with Crippen molar-refractivity contribution in [2.75, 3.05) is 0 Å². The van der Waals surface area contributed by atoms with Crippen LogP contribution in [0.4, 0.5) is 0 Å². The molecule has 1 aromatic carbocycles. The first-order chi connectivity index (χ1) is 5.04. The summed E-state index contributed by atoms with van der Waals surface area (Å²) < 4.78 is 0. The zero-order valence-electron chi connectivity index (χ0n) is 5.97. The first-order valence-corrected chi connectivity index (χ1v) is 4.33. The van der Waals surface area contributed by atoms with Gasteiger partial charge in [-0.15, -0.1) is 40.9 Å². The van der Waals surface area contributed by atoms with Crippen molar-refractivity contribution in [2.45, 2.75) is 0 Å². The van der Waals surface area contributed by atoms with Gasteiger partial charge in [-0.1, -0.05) is 10.0 Å². The molecule has 1 aromatic rings. The minimum atomic E-state index is 0. The normalized spacial score (nSPS) is 8.69. The van der Waals surface area contributed by atoms with Crippen LogP contribution < -0.4 is 17.0 Å². The predicted molar refractivity (Wildman–Crippen MR) is 56.1 cm³/mol. The van der Waals surface area contributed by atoms with Crippen molar-refractivity contribution < 1.29 is 17.0 Å². The molecule has 0 unspecified atom stereocenters. The van der Waals surface area contributed by atoms with Crippen molar-refractivity contribution in [1.82, 2.24) is 0 Å². The van der Waals surface area contributed by atoms with Gasteiger partial charge in [0.15, 0.2) is 0 Å². The van der Waals surface area contributed by atoms with Crippen LogP contribution in [0.15, 0.2) is 0 Å². The minimum Gasteiger partial charge on any atom is -1.00 e. The van der Waals surface area contributed by atoms with E-state index in [0.29, 0.717) is 0 Å². The Morgan fingerprint density at radius 2 is 1.00 bits per heavy atom. The van der Waals surface area contributed by atoms with E-state index in [2.05, 4.69) is 6.07 Å². The Hall–Kier alpha value is 1.92. The van der Waals surface area contributed by atoms with Gasteiger partial charge in [0.05, 0.1) is 0 Å². The maximum absolute atomic E-state index is 5.64. The van der Waals surface area contributed by atoms with Crippen LogP contribution in [0.3, 0.4) is 0 Å². The third kappa shape index (κ3) is 4.11. The van der Waals surface area contributed by atoms with Gasteiger partial charge in [0.2, 0.25) is 0 Å². The summed E-state index contributed by atoms with van der Waals surface area (Å²) in [6.45, 7) is 0. The molecule has 0 N–H and O–H groups in total. The van der Waals surface area contributed by atoms with Crippen LogP contribution in [-0.4, -0.2) is 23.1 Å². The predicted octanol–water partition coefficient (Wildman–Crippen LogP) is 1.38. The first-order valence-electron chi connectivity index (χ1n) is 2.44. The molecule has 0 aliphatic heterocycles. The molecule has 0 spiro atoms. The Morgan fingerprint density at radius 3 is 1.31 bits per heavy atom. The molecule has 0 radical (unpaired) electrons. The van der Waals surface area contributed by atoms with E-state index in [4.69, 9.17) is 58.0 Å². The van der Waals surface area contributed by atoms with Gasteiger partial charge >= 0.3 is 23.1 Å². The monoisotopic (exact) mass is 350 g/mol. The molecule has 7 heteroatoms. The smallest absolute Gasteiger partial charge is 1.00 e. The van der Waals surface area contributed by atoms with Crippen LogP contribution in [-0.2, 0) is 0 Å². The molecular weight excluding hydrogens is 354 g/mol. The summed E-state index contributed by atoms with van der Waals surface area (Å²) in [7, 11) is 0.